The number of nitro groups is 1. The van der Waals surface area contributed by atoms with E-state index in [1.54, 1.807) is 35.1 Å². The van der Waals surface area contributed by atoms with Crippen molar-refractivity contribution in [1.29, 1.82) is 0 Å². The minimum Gasteiger partial charge on any atom is -0.319 e. The fraction of sp³-hybridized carbons (Fsp3) is 0.0500. The van der Waals surface area contributed by atoms with E-state index in [0.29, 0.717) is 14.4 Å². The van der Waals surface area contributed by atoms with Crippen LogP contribution in [0.15, 0.2) is 59.6 Å². The molecule has 1 amide bonds. The lowest BCUT2D eigenvalue weighted by Gasteiger charge is -1.95. The van der Waals surface area contributed by atoms with Gasteiger partial charge in [-0.25, -0.2) is 4.98 Å². The van der Waals surface area contributed by atoms with E-state index in [-0.39, 0.29) is 11.6 Å². The summed E-state index contributed by atoms with van der Waals surface area (Å²) < 4.78 is 3.58. The third-order valence-corrected chi connectivity index (χ3v) is 7.90. The van der Waals surface area contributed by atoms with E-state index in [1.807, 2.05) is 30.3 Å². The number of rotatable bonds is 3. The molecule has 0 radical (unpaired) electrons. The highest BCUT2D eigenvalue weighted by atomic mass is 32.1. The van der Waals surface area contributed by atoms with Crippen LogP contribution in [0.2, 0.25) is 0 Å². The molecule has 10 heteroatoms. The summed E-state index contributed by atoms with van der Waals surface area (Å²) in [5.41, 5.74) is 1.74. The molecule has 7 nitrogen and oxygen atoms in total. The SMILES string of the molecule is Cn1c(=NC(=O)c2ccc(-c3nc4ccccc4s3)s2)sc2cc([N+](=O)[O-])ccc21. The van der Waals surface area contributed by atoms with Crippen LogP contribution in [-0.4, -0.2) is 20.4 Å². The van der Waals surface area contributed by atoms with Crippen molar-refractivity contribution in [3.63, 3.8) is 0 Å². The first-order valence-corrected chi connectivity index (χ1v) is 11.2. The summed E-state index contributed by atoms with van der Waals surface area (Å²) in [7, 11) is 1.79. The van der Waals surface area contributed by atoms with E-state index >= 15 is 0 Å². The Morgan fingerprint density at radius 2 is 1.90 bits per heavy atom. The number of carbonyl (C=O) groups is 1. The molecule has 0 aliphatic carbocycles. The van der Waals surface area contributed by atoms with E-state index in [9.17, 15) is 14.9 Å². The van der Waals surface area contributed by atoms with Gasteiger partial charge < -0.3 is 4.57 Å². The maximum atomic E-state index is 12.7. The van der Waals surface area contributed by atoms with E-state index in [1.165, 1.54) is 34.8 Å². The minimum atomic E-state index is -0.434. The first kappa shape index (κ1) is 18.8. The molecule has 5 rings (SSSR count). The molecule has 0 aliphatic rings. The smallest absolute Gasteiger partial charge is 0.289 e. The lowest BCUT2D eigenvalue weighted by Crippen LogP contribution is -2.12. The molecule has 0 unspecified atom stereocenters. The Bertz CT molecular complexity index is 1490. The molecule has 0 saturated carbocycles. The van der Waals surface area contributed by atoms with Crippen molar-refractivity contribution in [2.24, 2.45) is 12.0 Å². The van der Waals surface area contributed by atoms with Crippen LogP contribution in [0.3, 0.4) is 0 Å². The van der Waals surface area contributed by atoms with Crippen LogP contribution < -0.4 is 4.80 Å². The number of thiophene rings is 1. The molecule has 3 heterocycles. The third-order valence-electron chi connectivity index (χ3n) is 4.52. The van der Waals surface area contributed by atoms with Crippen molar-refractivity contribution in [1.82, 2.24) is 9.55 Å². The number of thiazole rings is 2. The number of aryl methyl sites for hydroxylation is 1. The van der Waals surface area contributed by atoms with E-state index in [4.69, 9.17) is 0 Å². The molecule has 0 fully saturated rings. The van der Waals surface area contributed by atoms with Gasteiger partial charge in [-0.05, 0) is 30.3 Å². The predicted molar refractivity (Wildman–Crippen MR) is 120 cm³/mol. The van der Waals surface area contributed by atoms with Gasteiger partial charge in [0.15, 0.2) is 4.80 Å². The monoisotopic (exact) mass is 452 g/mol. The zero-order valence-corrected chi connectivity index (χ0v) is 17.9. The lowest BCUT2D eigenvalue weighted by atomic mass is 10.3. The maximum Gasteiger partial charge on any atom is 0.289 e. The fourth-order valence-corrected chi connectivity index (χ4v) is 5.99. The number of nitro benzene ring substituents is 1. The van der Waals surface area contributed by atoms with Crippen LogP contribution in [0.25, 0.3) is 30.3 Å². The van der Waals surface area contributed by atoms with Crippen LogP contribution in [0.1, 0.15) is 9.67 Å². The normalized spacial score (nSPS) is 12.1. The van der Waals surface area contributed by atoms with Crippen molar-refractivity contribution >= 4 is 66.0 Å². The Morgan fingerprint density at radius 3 is 2.70 bits per heavy atom. The molecular weight excluding hydrogens is 440 g/mol. The van der Waals surface area contributed by atoms with Gasteiger partial charge in [0, 0.05) is 19.2 Å². The standard InChI is InChI=1S/C20H12N4O3S3/c1-23-13-7-6-11(24(26)27)10-17(13)30-20(23)22-18(25)15-8-9-16(28-15)19-21-12-4-2-3-5-14(12)29-19/h2-10H,1H3. The molecule has 0 aliphatic heterocycles. The zero-order valence-electron chi connectivity index (χ0n) is 15.4. The largest absolute Gasteiger partial charge is 0.319 e. The van der Waals surface area contributed by atoms with E-state index in [0.717, 1.165) is 25.6 Å². The molecule has 5 aromatic rings. The summed E-state index contributed by atoms with van der Waals surface area (Å²) in [5.74, 6) is -0.344. The van der Waals surface area contributed by atoms with Gasteiger partial charge in [-0.15, -0.1) is 22.7 Å². The van der Waals surface area contributed by atoms with Gasteiger partial charge in [0.25, 0.3) is 11.6 Å². The van der Waals surface area contributed by atoms with Crippen LogP contribution in [0, 0.1) is 10.1 Å². The van der Waals surface area contributed by atoms with Crippen LogP contribution in [-0.2, 0) is 7.05 Å². The van der Waals surface area contributed by atoms with Crippen LogP contribution in [0.4, 0.5) is 5.69 Å². The fourth-order valence-electron chi connectivity index (χ4n) is 3.03. The van der Waals surface area contributed by atoms with Crippen molar-refractivity contribution < 1.29 is 9.72 Å². The summed E-state index contributed by atoms with van der Waals surface area (Å²) >= 11 is 4.20. The van der Waals surface area contributed by atoms with E-state index in [2.05, 4.69) is 9.98 Å². The molecule has 148 valence electrons. The van der Waals surface area contributed by atoms with E-state index < -0.39 is 4.92 Å². The first-order valence-electron chi connectivity index (χ1n) is 8.78. The quantitative estimate of drug-likeness (QED) is 0.277. The summed E-state index contributed by atoms with van der Waals surface area (Å²) in [4.78, 5) is 34.1. The zero-order chi connectivity index (χ0) is 20.8. The lowest BCUT2D eigenvalue weighted by molar-refractivity contribution is -0.384. The number of non-ortho nitro benzene ring substituents is 1. The van der Waals surface area contributed by atoms with Gasteiger partial charge >= 0.3 is 0 Å². The van der Waals surface area contributed by atoms with Crippen LogP contribution in [0.5, 0.6) is 0 Å². The number of hydrogen-bond donors (Lipinski definition) is 0. The first-order chi connectivity index (χ1) is 14.5. The number of carbonyl (C=O) groups excluding carboxylic acids is 1. The number of aromatic nitrogens is 2. The second-order valence-corrected chi connectivity index (χ2v) is 9.54. The van der Waals surface area contributed by atoms with Crippen molar-refractivity contribution in [2.75, 3.05) is 0 Å². The Hall–Kier alpha value is -3.21. The second-order valence-electron chi connectivity index (χ2n) is 6.42. The number of fused-ring (bicyclic) bond motifs is 2. The topological polar surface area (TPSA) is 90.4 Å². The van der Waals surface area contributed by atoms with Gasteiger partial charge in [-0.1, -0.05) is 23.5 Å². The number of benzene rings is 2. The average molecular weight is 453 g/mol. The molecule has 3 aromatic heterocycles. The highest BCUT2D eigenvalue weighted by Crippen LogP contribution is 2.34. The molecule has 0 bridgehead atoms. The summed E-state index contributed by atoms with van der Waals surface area (Å²) in [6, 6.07) is 16.2. The Balaban J connectivity index is 1.50. The Labute approximate surface area is 181 Å². The summed E-state index contributed by atoms with van der Waals surface area (Å²) in [6.07, 6.45) is 0. The van der Waals surface area contributed by atoms with Crippen molar-refractivity contribution in [2.45, 2.75) is 0 Å². The summed E-state index contributed by atoms with van der Waals surface area (Å²) in [6.45, 7) is 0. The highest BCUT2D eigenvalue weighted by Gasteiger charge is 2.14. The van der Waals surface area contributed by atoms with Gasteiger partial charge in [-0.2, -0.15) is 4.99 Å². The predicted octanol–water partition coefficient (Wildman–Crippen LogP) is 5.23. The highest BCUT2D eigenvalue weighted by molar-refractivity contribution is 7.26. The number of nitrogens with zero attached hydrogens (tertiary/aromatic N) is 4. The van der Waals surface area contributed by atoms with Gasteiger partial charge in [0.2, 0.25) is 0 Å². The summed E-state index contributed by atoms with van der Waals surface area (Å²) in [5, 5.41) is 11.9. The molecule has 0 spiro atoms. The van der Waals surface area contributed by atoms with Crippen molar-refractivity contribution in [3.8, 4) is 9.88 Å². The van der Waals surface area contributed by atoms with Gasteiger partial charge in [0.1, 0.15) is 5.01 Å². The second kappa shape index (κ2) is 7.24. The molecule has 0 atom stereocenters. The molecule has 0 saturated heterocycles. The van der Waals surface area contributed by atoms with Crippen molar-refractivity contribution in [3.05, 3.63) is 74.4 Å². The molecule has 30 heavy (non-hydrogen) atoms. The molecule has 0 N–H and O–H groups in total. The molecular formula is C20H12N4O3S3. The van der Waals surface area contributed by atoms with Crippen LogP contribution >= 0.6 is 34.0 Å². The molecule has 2 aromatic carbocycles. The van der Waals surface area contributed by atoms with Gasteiger partial charge in [0.05, 0.1) is 35.1 Å². The Morgan fingerprint density at radius 1 is 1.07 bits per heavy atom. The number of para-hydroxylation sites is 1. The minimum absolute atomic E-state index is 0.0148. The van der Waals surface area contributed by atoms with Gasteiger partial charge in [-0.3, -0.25) is 14.9 Å². The number of hydrogen-bond acceptors (Lipinski definition) is 7. The Kier molecular flexibility index (Phi) is 4.54. The average Bonchev–Trinajstić information content (AvgIpc) is 3.45. The third kappa shape index (κ3) is 3.24. The number of amides is 1. The maximum absolute atomic E-state index is 12.7.